The molecule has 0 aliphatic carbocycles. The molecule has 0 aromatic rings. The second-order valence-corrected chi connectivity index (χ2v) is 7.02. The fraction of sp³-hybridized carbons (Fsp3) is 0.900. The Morgan fingerprint density at radius 1 is 0.654 bits per heavy atom. The van der Waals surface area contributed by atoms with Gasteiger partial charge in [-0.15, -0.1) is 0 Å². The van der Waals surface area contributed by atoms with Crippen molar-refractivity contribution >= 4 is 71.1 Å². The zero-order valence-electron chi connectivity index (χ0n) is 17.6. The number of carboxylic acid groups (broad SMARTS) is 2. The van der Waals surface area contributed by atoms with Gasteiger partial charge in [-0.05, 0) is 6.42 Å². The number of aliphatic carboxylic acids is 2. The minimum absolute atomic E-state index is 0. The molecule has 1 unspecified atom stereocenters. The molecule has 0 heterocycles. The molecule has 0 aliphatic rings. The van der Waals surface area contributed by atoms with Crippen LogP contribution < -0.4 is 0 Å². The first kappa shape index (κ1) is 31.6. The molecule has 0 amide bonds. The van der Waals surface area contributed by atoms with Crippen LogP contribution in [0.2, 0.25) is 0 Å². The van der Waals surface area contributed by atoms with Crippen molar-refractivity contribution in [3.8, 4) is 0 Å². The summed E-state index contributed by atoms with van der Waals surface area (Å²) in [4.78, 5) is 21.5. The molecule has 0 aromatic heterocycles. The second kappa shape index (κ2) is 24.0. The van der Waals surface area contributed by atoms with Crippen LogP contribution in [-0.4, -0.2) is 81.3 Å². The summed E-state index contributed by atoms with van der Waals surface area (Å²) in [7, 11) is 0. The van der Waals surface area contributed by atoms with Gasteiger partial charge in [0.1, 0.15) is 0 Å². The van der Waals surface area contributed by atoms with E-state index in [1.165, 1.54) is 70.6 Å². The summed E-state index contributed by atoms with van der Waals surface area (Å²) in [5, 5.41) is 17.6. The van der Waals surface area contributed by atoms with Crippen molar-refractivity contribution in [2.45, 2.75) is 110 Å². The third kappa shape index (κ3) is 23.0. The maximum absolute atomic E-state index is 10.9. The third-order valence-electron chi connectivity index (χ3n) is 4.68. The molecule has 6 heteroatoms. The van der Waals surface area contributed by atoms with E-state index in [1.54, 1.807) is 0 Å². The molecule has 2 radical (unpaired) electrons. The van der Waals surface area contributed by atoms with Gasteiger partial charge in [-0.1, -0.05) is 96.8 Å². The van der Waals surface area contributed by atoms with E-state index in [-0.39, 0.29) is 65.5 Å². The Labute approximate surface area is 204 Å². The molecule has 0 rings (SSSR count). The first-order valence-corrected chi connectivity index (χ1v) is 10.0. The van der Waals surface area contributed by atoms with Gasteiger partial charge in [0.25, 0.3) is 0 Å². The average Bonchev–Trinajstić information content (AvgIpc) is 2.53. The quantitative estimate of drug-likeness (QED) is 0.248. The Bertz CT molecular complexity index is 325. The van der Waals surface area contributed by atoms with Crippen molar-refractivity contribution < 1.29 is 19.8 Å². The fourth-order valence-corrected chi connectivity index (χ4v) is 3.11. The molecule has 0 aliphatic heterocycles. The predicted octanol–water partition coefficient (Wildman–Crippen LogP) is 5.27. The molecule has 0 bridgehead atoms. The molecule has 1 atom stereocenters. The van der Waals surface area contributed by atoms with Crippen molar-refractivity contribution in [1.82, 2.24) is 0 Å². The minimum Gasteiger partial charge on any atom is -0.481 e. The van der Waals surface area contributed by atoms with Crippen LogP contribution >= 0.6 is 0 Å². The van der Waals surface area contributed by atoms with E-state index in [1.807, 2.05) is 0 Å². The Kier molecular flexibility index (Phi) is 29.2. The van der Waals surface area contributed by atoms with Gasteiger partial charge in [-0.25, -0.2) is 0 Å². The maximum atomic E-state index is 10.9. The van der Waals surface area contributed by atoms with Crippen LogP contribution in [0.25, 0.3) is 0 Å². The summed E-state index contributed by atoms with van der Waals surface area (Å²) in [6.07, 6.45) is 18.0. The second-order valence-electron chi connectivity index (χ2n) is 7.02. The molecule has 0 spiro atoms. The van der Waals surface area contributed by atoms with Crippen LogP contribution in [-0.2, 0) is 9.59 Å². The van der Waals surface area contributed by atoms with Crippen molar-refractivity contribution in [1.29, 1.82) is 0 Å². The molecular weight excluding hydrogens is 350 g/mol. The monoisotopic (exact) mass is 388 g/mol. The van der Waals surface area contributed by atoms with Gasteiger partial charge in [0.2, 0.25) is 0 Å². The van der Waals surface area contributed by atoms with Crippen LogP contribution in [0, 0.1) is 5.92 Å². The number of rotatable bonds is 18. The fourth-order valence-electron chi connectivity index (χ4n) is 3.11. The summed E-state index contributed by atoms with van der Waals surface area (Å²) in [5.74, 6) is -2.72. The predicted molar refractivity (Wildman–Crippen MR) is 110 cm³/mol. The van der Waals surface area contributed by atoms with Gasteiger partial charge < -0.3 is 10.2 Å². The molecular formula is C20H38Na2O4. The topological polar surface area (TPSA) is 74.6 Å². The van der Waals surface area contributed by atoms with Crippen molar-refractivity contribution in [3.05, 3.63) is 0 Å². The van der Waals surface area contributed by atoms with E-state index in [2.05, 4.69) is 6.92 Å². The number of unbranched alkanes of at least 4 members (excludes halogenated alkanes) is 13. The van der Waals surface area contributed by atoms with Gasteiger partial charge in [-0.3, -0.25) is 9.59 Å². The molecule has 4 nitrogen and oxygen atoms in total. The maximum Gasteiger partial charge on any atom is 0.307 e. The molecule has 0 aromatic carbocycles. The molecule has 0 saturated heterocycles. The largest absolute Gasteiger partial charge is 0.481 e. The van der Waals surface area contributed by atoms with E-state index in [4.69, 9.17) is 10.2 Å². The van der Waals surface area contributed by atoms with Gasteiger partial charge >= 0.3 is 11.9 Å². The van der Waals surface area contributed by atoms with Crippen molar-refractivity contribution in [2.75, 3.05) is 0 Å². The summed E-state index contributed by atoms with van der Waals surface area (Å²) < 4.78 is 0. The third-order valence-corrected chi connectivity index (χ3v) is 4.68. The molecule has 0 fully saturated rings. The van der Waals surface area contributed by atoms with Crippen LogP contribution in [0.4, 0.5) is 0 Å². The Morgan fingerprint density at radius 3 is 1.31 bits per heavy atom. The van der Waals surface area contributed by atoms with Gasteiger partial charge in [0, 0.05) is 59.1 Å². The Hall–Kier alpha value is 0.940. The molecule has 0 saturated carbocycles. The molecule has 26 heavy (non-hydrogen) atoms. The SMILES string of the molecule is CCCCCCCCCCCCCCCCC(CC(=O)O)C(=O)O.[Na].[Na]. The van der Waals surface area contributed by atoms with Gasteiger partial charge in [-0.2, -0.15) is 0 Å². The van der Waals surface area contributed by atoms with Crippen molar-refractivity contribution in [3.63, 3.8) is 0 Å². The smallest absolute Gasteiger partial charge is 0.307 e. The number of carbonyl (C=O) groups is 2. The summed E-state index contributed by atoms with van der Waals surface area (Å²) >= 11 is 0. The number of hydrogen-bond acceptors (Lipinski definition) is 2. The summed E-state index contributed by atoms with van der Waals surface area (Å²) in [5.41, 5.74) is 0. The zero-order chi connectivity index (χ0) is 18.0. The van der Waals surface area contributed by atoms with E-state index >= 15 is 0 Å². The van der Waals surface area contributed by atoms with Crippen molar-refractivity contribution in [2.24, 2.45) is 5.92 Å². The molecule has 2 N–H and O–H groups in total. The molecule has 144 valence electrons. The first-order chi connectivity index (χ1) is 11.6. The summed E-state index contributed by atoms with van der Waals surface area (Å²) in [6.45, 7) is 2.25. The van der Waals surface area contributed by atoms with Gasteiger partial charge in [0.15, 0.2) is 0 Å². The normalized spacial score (nSPS) is 11.3. The zero-order valence-corrected chi connectivity index (χ0v) is 21.6. The summed E-state index contributed by atoms with van der Waals surface area (Å²) in [6, 6.07) is 0. The average molecular weight is 388 g/mol. The first-order valence-electron chi connectivity index (χ1n) is 10.0. The van der Waals surface area contributed by atoms with E-state index in [0.29, 0.717) is 6.42 Å². The standard InChI is InChI=1S/C20H38O4.2Na/c1-2-3-4-5-6-7-8-9-10-11-12-13-14-15-16-18(20(23)24)17-19(21)22;;/h18H,2-17H2,1H3,(H,21,22)(H,23,24);;. The van der Waals surface area contributed by atoms with Crippen LogP contribution in [0.3, 0.4) is 0 Å². The van der Waals surface area contributed by atoms with Crippen LogP contribution in [0.15, 0.2) is 0 Å². The Morgan fingerprint density at radius 2 is 1.00 bits per heavy atom. The van der Waals surface area contributed by atoms with E-state index < -0.39 is 17.9 Å². The van der Waals surface area contributed by atoms with E-state index in [0.717, 1.165) is 19.3 Å². The number of hydrogen-bond donors (Lipinski definition) is 2. The number of carboxylic acids is 2. The van der Waals surface area contributed by atoms with Crippen LogP contribution in [0.5, 0.6) is 0 Å². The Balaban J connectivity index is -0.00000264. The van der Waals surface area contributed by atoms with E-state index in [9.17, 15) is 9.59 Å². The van der Waals surface area contributed by atoms with Gasteiger partial charge in [0.05, 0.1) is 12.3 Å². The van der Waals surface area contributed by atoms with Crippen LogP contribution in [0.1, 0.15) is 110 Å². The minimum atomic E-state index is -1.02.